The minimum Gasteiger partial charge on any atom is -0.396 e. The first-order valence-corrected chi connectivity index (χ1v) is 6.20. The number of hydrogen-bond acceptors (Lipinski definition) is 4. The lowest BCUT2D eigenvalue weighted by atomic mass is 9.98. The molecule has 0 bridgehead atoms. The average Bonchev–Trinajstić information content (AvgIpc) is 2.39. The molecule has 4 nitrogen and oxygen atoms in total. The molecule has 0 amide bonds. The summed E-state index contributed by atoms with van der Waals surface area (Å²) in [4.78, 5) is 6.61. The molecule has 1 unspecified atom stereocenters. The smallest absolute Gasteiger partial charge is 0.128 e. The van der Waals surface area contributed by atoms with Gasteiger partial charge in [0.05, 0.1) is 6.10 Å². The van der Waals surface area contributed by atoms with Gasteiger partial charge in [-0.3, -0.25) is 0 Å². The van der Waals surface area contributed by atoms with Crippen molar-refractivity contribution in [2.75, 3.05) is 24.6 Å². The molecule has 0 saturated carbocycles. The molecule has 1 atom stereocenters. The zero-order valence-electron chi connectivity index (χ0n) is 10.2. The van der Waals surface area contributed by atoms with E-state index in [-0.39, 0.29) is 0 Å². The fourth-order valence-corrected chi connectivity index (χ4v) is 2.18. The Kier molecular flexibility index (Phi) is 3.97. The second-order valence-corrected chi connectivity index (χ2v) is 4.74. The Bertz CT molecular complexity index is 343. The molecule has 94 valence electrons. The van der Waals surface area contributed by atoms with Crippen LogP contribution in [0, 0.1) is 5.92 Å². The van der Waals surface area contributed by atoms with Crippen molar-refractivity contribution >= 4 is 5.82 Å². The van der Waals surface area contributed by atoms with E-state index in [0.29, 0.717) is 12.5 Å². The van der Waals surface area contributed by atoms with Gasteiger partial charge < -0.3 is 15.1 Å². The third-order valence-electron chi connectivity index (χ3n) is 3.45. The Morgan fingerprint density at radius 3 is 2.59 bits per heavy atom. The first-order valence-electron chi connectivity index (χ1n) is 6.20. The molecular formula is C13H20N2O2. The van der Waals surface area contributed by atoms with Crippen molar-refractivity contribution in [1.82, 2.24) is 4.98 Å². The molecule has 0 radical (unpaired) electrons. The molecule has 17 heavy (non-hydrogen) atoms. The lowest BCUT2D eigenvalue weighted by Crippen LogP contribution is -2.35. The van der Waals surface area contributed by atoms with E-state index in [1.807, 2.05) is 12.1 Å². The summed E-state index contributed by atoms with van der Waals surface area (Å²) in [6.07, 6.45) is 3.32. The molecular weight excluding hydrogens is 216 g/mol. The summed E-state index contributed by atoms with van der Waals surface area (Å²) in [6, 6.07) is 3.88. The van der Waals surface area contributed by atoms with Crippen LogP contribution in [0.4, 0.5) is 5.82 Å². The highest BCUT2D eigenvalue weighted by molar-refractivity contribution is 5.40. The van der Waals surface area contributed by atoms with E-state index in [1.165, 1.54) is 0 Å². The van der Waals surface area contributed by atoms with Gasteiger partial charge in [-0.1, -0.05) is 6.07 Å². The van der Waals surface area contributed by atoms with Gasteiger partial charge in [0.1, 0.15) is 5.82 Å². The van der Waals surface area contributed by atoms with E-state index in [9.17, 15) is 5.11 Å². The molecule has 2 heterocycles. The van der Waals surface area contributed by atoms with E-state index in [2.05, 4.69) is 9.88 Å². The first-order chi connectivity index (χ1) is 8.20. The molecule has 1 saturated heterocycles. The Labute approximate surface area is 102 Å². The van der Waals surface area contributed by atoms with Gasteiger partial charge in [-0.2, -0.15) is 0 Å². The van der Waals surface area contributed by atoms with E-state index < -0.39 is 6.10 Å². The van der Waals surface area contributed by atoms with Gasteiger partial charge in [-0.25, -0.2) is 4.98 Å². The van der Waals surface area contributed by atoms with Crippen LogP contribution in [-0.4, -0.2) is 34.9 Å². The molecule has 1 fully saturated rings. The van der Waals surface area contributed by atoms with Crippen molar-refractivity contribution in [2.45, 2.75) is 25.9 Å². The van der Waals surface area contributed by atoms with Crippen molar-refractivity contribution in [3.05, 3.63) is 23.9 Å². The third kappa shape index (κ3) is 2.96. The van der Waals surface area contributed by atoms with Crippen molar-refractivity contribution < 1.29 is 10.2 Å². The summed E-state index contributed by atoms with van der Waals surface area (Å²) in [5, 5.41) is 18.5. The monoisotopic (exact) mass is 236 g/mol. The maximum Gasteiger partial charge on any atom is 0.128 e. The van der Waals surface area contributed by atoms with Crippen LogP contribution in [0.15, 0.2) is 18.3 Å². The molecule has 2 rings (SSSR count). The van der Waals surface area contributed by atoms with Crippen LogP contribution in [0.25, 0.3) is 0 Å². The number of hydrogen-bond donors (Lipinski definition) is 2. The highest BCUT2D eigenvalue weighted by Gasteiger charge is 2.19. The highest BCUT2D eigenvalue weighted by Crippen LogP contribution is 2.22. The van der Waals surface area contributed by atoms with Gasteiger partial charge in [0.15, 0.2) is 0 Å². The van der Waals surface area contributed by atoms with Gasteiger partial charge in [0.2, 0.25) is 0 Å². The Hall–Kier alpha value is -1.13. The predicted octanol–water partition coefficient (Wildman–Crippen LogP) is 1.34. The third-order valence-corrected chi connectivity index (χ3v) is 3.45. The number of piperidine rings is 1. The second-order valence-electron chi connectivity index (χ2n) is 4.74. The summed E-state index contributed by atoms with van der Waals surface area (Å²) >= 11 is 0. The van der Waals surface area contributed by atoms with Crippen molar-refractivity contribution in [3.63, 3.8) is 0 Å². The molecule has 0 spiro atoms. The van der Waals surface area contributed by atoms with E-state index >= 15 is 0 Å². The van der Waals surface area contributed by atoms with Crippen LogP contribution in [-0.2, 0) is 0 Å². The topological polar surface area (TPSA) is 56.6 Å². The maximum absolute atomic E-state index is 9.41. The molecule has 2 N–H and O–H groups in total. The average molecular weight is 236 g/mol. The van der Waals surface area contributed by atoms with Crippen LogP contribution in [0.1, 0.15) is 31.4 Å². The second kappa shape index (κ2) is 5.47. The number of aliphatic hydroxyl groups excluding tert-OH is 2. The van der Waals surface area contributed by atoms with Gasteiger partial charge in [-0.05, 0) is 37.3 Å². The summed E-state index contributed by atoms with van der Waals surface area (Å²) in [6.45, 7) is 3.93. The summed E-state index contributed by atoms with van der Waals surface area (Å²) in [5.74, 6) is 1.41. The van der Waals surface area contributed by atoms with Crippen LogP contribution >= 0.6 is 0 Å². The van der Waals surface area contributed by atoms with Crippen molar-refractivity contribution in [1.29, 1.82) is 0 Å². The fraction of sp³-hybridized carbons (Fsp3) is 0.615. The van der Waals surface area contributed by atoms with Gasteiger partial charge in [0, 0.05) is 25.9 Å². The van der Waals surface area contributed by atoms with Gasteiger partial charge in [0.25, 0.3) is 0 Å². The number of aliphatic hydroxyl groups is 2. The van der Waals surface area contributed by atoms with Crippen LogP contribution in [0.5, 0.6) is 0 Å². The van der Waals surface area contributed by atoms with E-state index in [1.54, 1.807) is 13.1 Å². The number of rotatable bonds is 3. The lowest BCUT2D eigenvalue weighted by Gasteiger charge is -2.32. The zero-order chi connectivity index (χ0) is 12.3. The van der Waals surface area contributed by atoms with Crippen molar-refractivity contribution in [2.24, 2.45) is 5.92 Å². The van der Waals surface area contributed by atoms with E-state index in [4.69, 9.17) is 5.11 Å². The minimum atomic E-state index is -0.461. The SMILES string of the molecule is CC(O)c1ccc(N2CCC(CO)CC2)nc1. The molecule has 1 aliphatic rings. The summed E-state index contributed by atoms with van der Waals surface area (Å²) in [5.41, 5.74) is 0.846. The standard InChI is InChI=1S/C13H20N2O2/c1-10(17)12-2-3-13(14-8-12)15-6-4-11(9-16)5-7-15/h2-3,8,10-11,16-17H,4-7,9H2,1H3. The molecule has 1 aromatic rings. The quantitative estimate of drug-likeness (QED) is 0.831. The normalized spacial score (nSPS) is 19.4. The van der Waals surface area contributed by atoms with Crippen LogP contribution in [0.3, 0.4) is 0 Å². The molecule has 0 aromatic carbocycles. The number of pyridine rings is 1. The minimum absolute atomic E-state index is 0.294. The fourth-order valence-electron chi connectivity index (χ4n) is 2.18. The Morgan fingerprint density at radius 1 is 1.41 bits per heavy atom. The largest absolute Gasteiger partial charge is 0.396 e. The predicted molar refractivity (Wildman–Crippen MR) is 66.9 cm³/mol. The molecule has 0 aliphatic carbocycles. The van der Waals surface area contributed by atoms with Crippen LogP contribution < -0.4 is 4.90 Å². The van der Waals surface area contributed by atoms with Crippen LogP contribution in [0.2, 0.25) is 0 Å². The molecule has 4 heteroatoms. The molecule has 1 aromatic heterocycles. The number of anilines is 1. The Balaban J connectivity index is 1.99. The lowest BCUT2D eigenvalue weighted by molar-refractivity contribution is 0.198. The van der Waals surface area contributed by atoms with Crippen molar-refractivity contribution in [3.8, 4) is 0 Å². The highest BCUT2D eigenvalue weighted by atomic mass is 16.3. The first kappa shape index (κ1) is 12.3. The summed E-state index contributed by atoms with van der Waals surface area (Å²) in [7, 11) is 0. The number of aromatic nitrogens is 1. The maximum atomic E-state index is 9.41. The van der Waals surface area contributed by atoms with E-state index in [0.717, 1.165) is 37.3 Å². The Morgan fingerprint density at radius 2 is 2.12 bits per heavy atom. The molecule has 1 aliphatic heterocycles. The van der Waals surface area contributed by atoms with Gasteiger partial charge >= 0.3 is 0 Å². The summed E-state index contributed by atoms with van der Waals surface area (Å²) < 4.78 is 0. The number of nitrogens with zero attached hydrogens (tertiary/aromatic N) is 2. The zero-order valence-corrected chi connectivity index (χ0v) is 10.2. The van der Waals surface area contributed by atoms with Gasteiger partial charge in [-0.15, -0.1) is 0 Å².